The smallest absolute Gasteiger partial charge is 0.266 e. The van der Waals surface area contributed by atoms with E-state index in [1.807, 2.05) is 24.3 Å². The molecule has 0 unspecified atom stereocenters. The first-order valence-corrected chi connectivity index (χ1v) is 6.73. The van der Waals surface area contributed by atoms with Gasteiger partial charge >= 0.3 is 0 Å². The maximum atomic E-state index is 11.3. The zero-order valence-corrected chi connectivity index (χ0v) is 11.9. The summed E-state index contributed by atoms with van der Waals surface area (Å²) in [5.74, 6) is 0. The topological polar surface area (TPSA) is 45.8 Å². The standard InChI is InChI=1S/C10H6Br2N2OS/c11-6-2-1-3-7(4-6)16-10-8(12)9(15)13-5-14-10/h1-5H,(H,13,14,15). The van der Waals surface area contributed by atoms with Crippen molar-refractivity contribution in [3.05, 3.63) is 49.9 Å². The van der Waals surface area contributed by atoms with E-state index >= 15 is 0 Å². The Morgan fingerprint density at radius 1 is 1.31 bits per heavy atom. The monoisotopic (exact) mass is 360 g/mol. The third-order valence-electron chi connectivity index (χ3n) is 1.78. The molecule has 1 heterocycles. The van der Waals surface area contributed by atoms with Crippen molar-refractivity contribution < 1.29 is 0 Å². The second-order valence-electron chi connectivity index (χ2n) is 2.91. The van der Waals surface area contributed by atoms with Crippen LogP contribution in [0.4, 0.5) is 0 Å². The lowest BCUT2D eigenvalue weighted by Gasteiger charge is -2.02. The molecule has 0 bridgehead atoms. The van der Waals surface area contributed by atoms with Gasteiger partial charge in [-0.1, -0.05) is 33.8 Å². The van der Waals surface area contributed by atoms with Crippen LogP contribution in [0.5, 0.6) is 0 Å². The van der Waals surface area contributed by atoms with Crippen LogP contribution in [0.2, 0.25) is 0 Å². The third-order valence-corrected chi connectivity index (χ3v) is 4.26. The van der Waals surface area contributed by atoms with Crippen molar-refractivity contribution in [1.29, 1.82) is 0 Å². The van der Waals surface area contributed by atoms with Gasteiger partial charge in [-0.3, -0.25) is 4.79 Å². The first-order chi connectivity index (χ1) is 7.66. The molecule has 0 radical (unpaired) electrons. The molecule has 2 aromatic rings. The maximum absolute atomic E-state index is 11.3. The Hall–Kier alpha value is -0.590. The van der Waals surface area contributed by atoms with E-state index in [4.69, 9.17) is 0 Å². The van der Waals surface area contributed by atoms with Gasteiger partial charge in [-0.25, -0.2) is 4.98 Å². The van der Waals surface area contributed by atoms with Gasteiger partial charge in [-0.05, 0) is 34.1 Å². The highest BCUT2D eigenvalue weighted by atomic mass is 79.9. The molecule has 3 nitrogen and oxygen atoms in total. The highest BCUT2D eigenvalue weighted by molar-refractivity contribution is 9.10. The summed E-state index contributed by atoms with van der Waals surface area (Å²) in [5, 5.41) is 0.654. The van der Waals surface area contributed by atoms with Crippen LogP contribution in [-0.4, -0.2) is 9.97 Å². The summed E-state index contributed by atoms with van der Waals surface area (Å²) in [7, 11) is 0. The Morgan fingerprint density at radius 2 is 2.12 bits per heavy atom. The number of hydrogen-bond donors (Lipinski definition) is 1. The van der Waals surface area contributed by atoms with Gasteiger partial charge in [-0.2, -0.15) is 0 Å². The van der Waals surface area contributed by atoms with Crippen molar-refractivity contribution in [2.45, 2.75) is 9.92 Å². The van der Waals surface area contributed by atoms with E-state index in [0.717, 1.165) is 9.37 Å². The minimum Gasteiger partial charge on any atom is -0.312 e. The van der Waals surface area contributed by atoms with Crippen LogP contribution >= 0.6 is 43.6 Å². The van der Waals surface area contributed by atoms with Gasteiger partial charge in [0.2, 0.25) is 0 Å². The van der Waals surface area contributed by atoms with Crippen LogP contribution in [0, 0.1) is 0 Å². The number of aromatic amines is 1. The molecule has 1 N–H and O–H groups in total. The van der Waals surface area contributed by atoms with Gasteiger partial charge in [0.05, 0.1) is 6.33 Å². The lowest BCUT2D eigenvalue weighted by molar-refractivity contribution is 0.990. The summed E-state index contributed by atoms with van der Waals surface area (Å²) in [6, 6.07) is 7.82. The molecule has 0 aliphatic carbocycles. The zero-order chi connectivity index (χ0) is 11.5. The van der Waals surface area contributed by atoms with Crippen molar-refractivity contribution in [3.63, 3.8) is 0 Å². The lowest BCUT2D eigenvalue weighted by Crippen LogP contribution is -2.07. The largest absolute Gasteiger partial charge is 0.312 e. The molecule has 16 heavy (non-hydrogen) atoms. The van der Waals surface area contributed by atoms with Crippen LogP contribution in [-0.2, 0) is 0 Å². The fourth-order valence-electron chi connectivity index (χ4n) is 1.08. The first kappa shape index (κ1) is 11.9. The van der Waals surface area contributed by atoms with Gasteiger partial charge in [-0.15, -0.1) is 0 Å². The first-order valence-electron chi connectivity index (χ1n) is 4.33. The zero-order valence-electron chi connectivity index (χ0n) is 7.91. The second kappa shape index (κ2) is 5.16. The maximum Gasteiger partial charge on any atom is 0.266 e. The molecule has 1 aromatic heterocycles. The summed E-state index contributed by atoms with van der Waals surface area (Å²) in [5.41, 5.74) is -0.174. The average Bonchev–Trinajstić information content (AvgIpc) is 2.25. The fraction of sp³-hybridized carbons (Fsp3) is 0. The van der Waals surface area contributed by atoms with Crippen LogP contribution in [0.15, 0.2) is 54.3 Å². The van der Waals surface area contributed by atoms with E-state index in [1.54, 1.807) is 0 Å². The Labute approximate surface area is 113 Å². The molecule has 6 heteroatoms. The number of aromatic nitrogens is 2. The predicted octanol–water partition coefficient (Wildman–Crippen LogP) is 3.45. The summed E-state index contributed by atoms with van der Waals surface area (Å²) in [6.07, 6.45) is 1.40. The molecule has 0 aliphatic heterocycles. The molecule has 0 amide bonds. The minimum absolute atomic E-state index is 0.174. The molecule has 0 aliphatic rings. The summed E-state index contributed by atoms with van der Waals surface area (Å²) >= 11 is 8.05. The van der Waals surface area contributed by atoms with Gasteiger partial charge in [0.25, 0.3) is 5.56 Å². The normalized spacial score (nSPS) is 10.4. The van der Waals surface area contributed by atoms with Crippen molar-refractivity contribution in [1.82, 2.24) is 9.97 Å². The highest BCUT2D eigenvalue weighted by Gasteiger charge is 2.07. The summed E-state index contributed by atoms with van der Waals surface area (Å²) in [4.78, 5) is 19.0. The molecule has 0 spiro atoms. The molecule has 2 rings (SSSR count). The van der Waals surface area contributed by atoms with Crippen LogP contribution in [0.1, 0.15) is 0 Å². The van der Waals surface area contributed by atoms with Gasteiger partial charge < -0.3 is 4.98 Å². The van der Waals surface area contributed by atoms with Crippen molar-refractivity contribution >= 4 is 43.6 Å². The van der Waals surface area contributed by atoms with E-state index in [9.17, 15) is 4.79 Å². The molecular formula is C10H6Br2N2OS. The van der Waals surface area contributed by atoms with Crippen molar-refractivity contribution in [3.8, 4) is 0 Å². The quantitative estimate of drug-likeness (QED) is 0.833. The van der Waals surface area contributed by atoms with Crippen molar-refractivity contribution in [2.75, 3.05) is 0 Å². The number of H-pyrrole nitrogens is 1. The van der Waals surface area contributed by atoms with E-state index in [-0.39, 0.29) is 5.56 Å². The molecule has 0 atom stereocenters. The van der Waals surface area contributed by atoms with E-state index in [1.165, 1.54) is 18.1 Å². The molecule has 0 saturated heterocycles. The summed E-state index contributed by atoms with van der Waals surface area (Å²) < 4.78 is 1.46. The van der Waals surface area contributed by atoms with Crippen LogP contribution < -0.4 is 5.56 Å². The van der Waals surface area contributed by atoms with Crippen molar-refractivity contribution in [2.24, 2.45) is 0 Å². The number of halogens is 2. The Kier molecular flexibility index (Phi) is 3.83. The molecule has 1 aromatic carbocycles. The Morgan fingerprint density at radius 3 is 2.88 bits per heavy atom. The van der Waals surface area contributed by atoms with Crippen LogP contribution in [0.25, 0.3) is 0 Å². The molecule has 82 valence electrons. The summed E-state index contributed by atoms with van der Waals surface area (Å²) in [6.45, 7) is 0. The fourth-order valence-corrected chi connectivity index (χ4v) is 2.93. The number of nitrogens with one attached hydrogen (secondary N) is 1. The molecule has 0 fully saturated rings. The Balaban J connectivity index is 2.34. The van der Waals surface area contributed by atoms with E-state index in [2.05, 4.69) is 41.8 Å². The van der Waals surface area contributed by atoms with Crippen LogP contribution in [0.3, 0.4) is 0 Å². The van der Waals surface area contributed by atoms with E-state index < -0.39 is 0 Å². The van der Waals surface area contributed by atoms with E-state index in [0.29, 0.717) is 9.50 Å². The second-order valence-corrected chi connectivity index (χ2v) is 5.68. The highest BCUT2D eigenvalue weighted by Crippen LogP contribution is 2.30. The average molecular weight is 362 g/mol. The SMILES string of the molecule is O=c1[nH]cnc(Sc2cccc(Br)c2)c1Br. The Bertz CT molecular complexity index is 571. The third kappa shape index (κ3) is 2.75. The molecular weight excluding hydrogens is 356 g/mol. The van der Waals surface area contributed by atoms with Gasteiger partial charge in [0, 0.05) is 9.37 Å². The number of rotatable bonds is 2. The lowest BCUT2D eigenvalue weighted by atomic mass is 10.4. The van der Waals surface area contributed by atoms with Gasteiger partial charge in [0.15, 0.2) is 0 Å². The number of hydrogen-bond acceptors (Lipinski definition) is 3. The number of nitrogens with zero attached hydrogens (tertiary/aromatic N) is 1. The molecule has 0 saturated carbocycles. The number of benzene rings is 1. The minimum atomic E-state index is -0.174. The van der Waals surface area contributed by atoms with Gasteiger partial charge in [0.1, 0.15) is 9.50 Å². The predicted molar refractivity (Wildman–Crippen MR) is 70.8 cm³/mol.